The molecule has 0 amide bonds. The van der Waals surface area contributed by atoms with Crippen LogP contribution in [0.5, 0.6) is 5.75 Å². The SMILES string of the molecule is [2H]N=P.[AlH][O]c1cccc2cccnc12.c1ccc(N(c2ccc(-c3ccc(N(c4ccccc4)c4cccc5ccccc45)cc3)cc2)c2cccc3ccccc23)cc1.c1ccc2c(c1)c1ccccc1n2-c1ccc2sc3ccc(-n4c5ccccc5c5ccccc54)cc3c2c1. The third kappa shape index (κ3) is 11.8. The summed E-state index contributed by atoms with van der Waals surface area (Å²) in [5.41, 5.74) is 17.5. The van der Waals surface area contributed by atoms with E-state index in [4.69, 9.17) is 5.20 Å². The highest BCUT2D eigenvalue weighted by molar-refractivity contribution is 7.25. The van der Waals surface area contributed by atoms with Crippen molar-refractivity contribution in [3.63, 3.8) is 0 Å². The van der Waals surface area contributed by atoms with Crippen molar-refractivity contribution >= 4 is 167 Å². The molecule has 4 heterocycles. The van der Waals surface area contributed by atoms with E-state index in [0.29, 0.717) is 0 Å². The highest BCUT2D eigenvalue weighted by Crippen LogP contribution is 2.44. The Kier molecular flexibility index (Phi) is 17.0. The van der Waals surface area contributed by atoms with Gasteiger partial charge in [-0.3, -0.25) is 10.1 Å². The minimum atomic E-state index is 0.839. The summed E-state index contributed by atoms with van der Waals surface area (Å²) in [4.78, 5) is 8.92. The lowest BCUT2D eigenvalue weighted by Gasteiger charge is -2.27. The van der Waals surface area contributed by atoms with Crippen molar-refractivity contribution in [1.82, 2.24) is 14.1 Å². The number of hydrogen-bond donors (Lipinski definition) is 1. The van der Waals surface area contributed by atoms with Crippen LogP contribution in [0.4, 0.5) is 34.1 Å². The normalized spacial score (nSPS) is 11.3. The Bertz CT molecular complexity index is 5710. The maximum Gasteiger partial charge on any atom is 0.494 e. The number of para-hydroxylation sites is 7. The standard InChI is InChI=1S/C44H32N2.C36H22N2S.C9H7NO.Al.H2NP.H/c1-3-17-37(18-4-1)45(43-23-11-15-35-13-7-9-21-41(35)43)39-29-25-33(26-30-39)34-27-31-40(32-28-34)46(38-19-5-2-6-20-38)44-24-12-16-36-14-8-10-22-42(36)44;1-5-13-31-25(9-1)26-10-2-6-14-32(26)37(31)23-17-19-35-29(21-23)30-22-24(18-20-36(30)39-35)38-33-15-7-3-11-27(33)28-12-4-8-16-34(28)38;11-8-5-1-3-7-4-2-6-10-9(7)8;;1-2;/h1-32H;1-22H;1-6,11H;;1-2H;/q;;;+1;;/p-1/i/hD. The monoisotopic (exact) mass is 1320 g/mol. The molecular formula is C89H63AlN6OPS. The van der Waals surface area contributed by atoms with Crippen LogP contribution in [0.15, 0.2) is 364 Å². The maximum absolute atomic E-state index is 5.75. The number of benzene rings is 15. The molecule has 19 aromatic rings. The fraction of sp³-hybridized carbons (Fsp3) is 0. The average molecular weight is 1320 g/mol. The molecule has 7 nitrogen and oxygen atoms in total. The summed E-state index contributed by atoms with van der Waals surface area (Å²) in [5.74, 6) is 0.839. The van der Waals surface area contributed by atoms with Crippen molar-refractivity contribution in [3.05, 3.63) is 364 Å². The first kappa shape index (κ1) is 60.7. The van der Waals surface area contributed by atoms with Crippen molar-refractivity contribution in [1.29, 1.82) is 5.15 Å². The Hall–Kier alpha value is -11.9. The van der Waals surface area contributed by atoms with E-state index in [0.717, 1.165) is 50.8 Å². The van der Waals surface area contributed by atoms with Crippen LogP contribution in [0.1, 0.15) is 0 Å². The first-order chi connectivity index (χ1) is 49.5. The van der Waals surface area contributed by atoms with Gasteiger partial charge >= 0.3 is 16.6 Å². The number of nitrogens with zero attached hydrogens (tertiary/aromatic N) is 5. The van der Waals surface area contributed by atoms with Gasteiger partial charge in [0.15, 0.2) is 1.41 Å². The second kappa shape index (κ2) is 27.7. The third-order valence-corrected chi connectivity index (χ3v) is 20.0. The van der Waals surface area contributed by atoms with Crippen molar-refractivity contribution in [3.8, 4) is 28.3 Å². The molecule has 0 aliphatic heterocycles. The molecule has 4 aromatic heterocycles. The number of anilines is 6. The minimum absolute atomic E-state index is 0.839. The topological polar surface area (TPSA) is 62.3 Å². The maximum atomic E-state index is 5.75. The lowest BCUT2D eigenvalue weighted by Crippen LogP contribution is -2.10. The summed E-state index contributed by atoms with van der Waals surface area (Å²) < 4.78 is 18.4. The van der Waals surface area contributed by atoms with E-state index in [2.05, 4.69) is 366 Å². The van der Waals surface area contributed by atoms with Crippen molar-refractivity contribution < 1.29 is 5.20 Å². The van der Waals surface area contributed by atoms with E-state index in [1.165, 1.54) is 124 Å². The summed E-state index contributed by atoms with van der Waals surface area (Å²) in [7, 11) is 2.48. The molecule has 1 radical (unpaired) electrons. The molecule has 0 saturated carbocycles. The molecule has 0 bridgehead atoms. The fourth-order valence-corrected chi connectivity index (χ4v) is 15.3. The van der Waals surface area contributed by atoms with Gasteiger partial charge in [-0.05, 0) is 164 Å². The summed E-state index contributed by atoms with van der Waals surface area (Å²) in [6, 6.07) is 128. The number of thiophene rings is 1. The highest BCUT2D eigenvalue weighted by atomic mass is 32.1. The van der Waals surface area contributed by atoms with Crippen LogP contribution in [0.3, 0.4) is 0 Å². The minimum Gasteiger partial charge on any atom is -0.649 e. The van der Waals surface area contributed by atoms with Crippen LogP contribution in [0.25, 0.3) is 119 Å². The van der Waals surface area contributed by atoms with Crippen LogP contribution in [0, 0.1) is 5.15 Å². The summed E-state index contributed by atoms with van der Waals surface area (Å²) >= 11 is 3.34. The first-order valence-electron chi connectivity index (χ1n) is 33.3. The Morgan fingerprint density at radius 2 is 0.687 bits per heavy atom. The third-order valence-electron chi connectivity index (χ3n) is 18.5. The Morgan fingerprint density at radius 3 is 1.11 bits per heavy atom. The molecule has 19 rings (SSSR count). The molecule has 0 aliphatic carbocycles. The number of hydrogen-bond acceptors (Lipinski definition) is 6. The van der Waals surface area contributed by atoms with Crippen LogP contribution in [-0.2, 0) is 0 Å². The molecule has 15 aromatic carbocycles. The molecule has 1 N–H and O–H groups in total. The van der Waals surface area contributed by atoms with Crippen LogP contribution in [0.2, 0.25) is 1.41 Å². The zero-order chi connectivity index (χ0) is 67.3. The molecule has 0 spiro atoms. The van der Waals surface area contributed by atoms with E-state index in [1.54, 1.807) is 6.20 Å². The first-order valence-corrected chi connectivity index (χ1v) is 34.7. The van der Waals surface area contributed by atoms with Crippen LogP contribution >= 0.6 is 20.4 Å². The molecule has 469 valence electrons. The fourth-order valence-electron chi connectivity index (χ4n) is 14.0. The quantitative estimate of drug-likeness (QED) is 0.109. The molecular weight excluding hydrogens is 1260 g/mol. The van der Waals surface area contributed by atoms with Gasteiger partial charge in [-0.25, -0.2) is 0 Å². The molecule has 0 aliphatic rings. The van der Waals surface area contributed by atoms with Gasteiger partial charge in [0.25, 0.3) is 0 Å². The Labute approximate surface area is 589 Å². The average Bonchev–Trinajstić information content (AvgIpc) is 1.58. The second-order valence-electron chi connectivity index (χ2n) is 24.1. The second-order valence-corrected chi connectivity index (χ2v) is 25.5. The zero-order valence-corrected chi connectivity index (χ0v) is 57.1. The summed E-state index contributed by atoms with van der Waals surface area (Å²) in [6.07, 6.45) is 1.77. The van der Waals surface area contributed by atoms with Crippen molar-refractivity contribution in [2.45, 2.75) is 0 Å². The molecule has 99 heavy (non-hydrogen) atoms. The van der Waals surface area contributed by atoms with Crippen molar-refractivity contribution in [2.75, 3.05) is 9.80 Å². The number of aromatic nitrogens is 3. The molecule has 10 heteroatoms. The van der Waals surface area contributed by atoms with E-state index >= 15 is 0 Å². The van der Waals surface area contributed by atoms with Gasteiger partial charge in [0.2, 0.25) is 0 Å². The predicted octanol–water partition coefficient (Wildman–Crippen LogP) is 25.2. The summed E-state index contributed by atoms with van der Waals surface area (Å²) in [6.45, 7) is 0. The number of fused-ring (bicyclic) bond motifs is 12. The predicted molar refractivity (Wildman–Crippen MR) is 425 cm³/mol. The smallest absolute Gasteiger partial charge is 0.494 e. The van der Waals surface area contributed by atoms with Gasteiger partial charge in [-0.1, -0.05) is 224 Å². The zero-order valence-electron chi connectivity index (χ0n) is 54.8. The Balaban J connectivity index is 0.000000130. The van der Waals surface area contributed by atoms with Gasteiger partial charge in [-0.15, -0.1) is 11.3 Å². The van der Waals surface area contributed by atoms with E-state index in [-0.39, 0.29) is 0 Å². The van der Waals surface area contributed by atoms with Crippen LogP contribution in [-0.4, -0.2) is 30.7 Å². The lowest BCUT2D eigenvalue weighted by atomic mass is 10.0. The van der Waals surface area contributed by atoms with Gasteiger partial charge in [-0.2, -0.15) is 0 Å². The lowest BCUT2D eigenvalue weighted by molar-refractivity contribution is 0.622. The summed E-state index contributed by atoms with van der Waals surface area (Å²) in [5, 5.41) is 16.3. The molecule has 0 saturated heterocycles. The van der Waals surface area contributed by atoms with Gasteiger partial charge in [0, 0.05) is 98.2 Å². The van der Waals surface area contributed by atoms with Crippen molar-refractivity contribution in [2.24, 2.45) is 0 Å². The molecule has 0 fully saturated rings. The molecule has 0 unspecified atom stereocenters. The van der Waals surface area contributed by atoms with Gasteiger partial charge < -0.3 is 22.7 Å². The number of pyridine rings is 1. The van der Waals surface area contributed by atoms with Crippen LogP contribution < -0.4 is 13.6 Å². The Morgan fingerprint density at radius 1 is 0.343 bits per heavy atom. The largest absolute Gasteiger partial charge is 0.649 e. The highest BCUT2D eigenvalue weighted by Gasteiger charge is 2.20. The van der Waals surface area contributed by atoms with Gasteiger partial charge in [0.1, 0.15) is 11.3 Å². The number of nitrogens with one attached hydrogen (secondary N) is 1. The van der Waals surface area contributed by atoms with E-state index < -0.39 is 0 Å². The van der Waals surface area contributed by atoms with E-state index in [9.17, 15) is 0 Å². The molecule has 0 atom stereocenters. The van der Waals surface area contributed by atoms with E-state index in [1.807, 2.05) is 41.7 Å². The number of rotatable bonds is 10. The van der Waals surface area contributed by atoms with Gasteiger partial charge in [0.05, 0.1) is 33.4 Å².